The maximum atomic E-state index is 11.6. The van der Waals surface area contributed by atoms with Crippen LogP contribution in [-0.4, -0.2) is 50.7 Å². The largest absolute Gasteiger partial charge is 0.368 e. The van der Waals surface area contributed by atoms with Crippen molar-refractivity contribution in [3.8, 4) is 0 Å². The van der Waals surface area contributed by atoms with Crippen molar-refractivity contribution in [1.29, 1.82) is 0 Å². The van der Waals surface area contributed by atoms with E-state index >= 15 is 0 Å². The maximum Gasteiger partial charge on any atom is 0.175 e. The highest BCUT2D eigenvalue weighted by molar-refractivity contribution is 7.90. The number of nitrogens with zero attached hydrogens (tertiary/aromatic N) is 3. The van der Waals surface area contributed by atoms with E-state index in [-0.39, 0.29) is 0 Å². The summed E-state index contributed by atoms with van der Waals surface area (Å²) in [6.07, 6.45) is 3.12. The third kappa shape index (κ3) is 3.96. The van der Waals surface area contributed by atoms with Crippen molar-refractivity contribution in [3.63, 3.8) is 0 Å². The summed E-state index contributed by atoms with van der Waals surface area (Å²) in [5.41, 5.74) is 3.42. The molecule has 0 N–H and O–H groups in total. The first kappa shape index (κ1) is 17.9. The molecule has 6 heteroatoms. The summed E-state index contributed by atoms with van der Waals surface area (Å²) < 4.78 is 23.2. The van der Waals surface area contributed by atoms with Gasteiger partial charge in [0.25, 0.3) is 0 Å². The van der Waals surface area contributed by atoms with Gasteiger partial charge in [0.15, 0.2) is 9.84 Å². The highest BCUT2D eigenvalue weighted by Crippen LogP contribution is 2.26. The average Bonchev–Trinajstić information content (AvgIpc) is 2.68. The zero-order chi connectivity index (χ0) is 18.9. The van der Waals surface area contributed by atoms with Crippen LogP contribution < -0.4 is 4.90 Å². The van der Waals surface area contributed by atoms with E-state index in [1.807, 2.05) is 24.4 Å². The zero-order valence-corrected chi connectivity index (χ0v) is 16.2. The first-order valence-corrected chi connectivity index (χ1v) is 11.0. The van der Waals surface area contributed by atoms with Gasteiger partial charge in [0.1, 0.15) is 0 Å². The van der Waals surface area contributed by atoms with Gasteiger partial charge in [0.2, 0.25) is 0 Å². The maximum absolute atomic E-state index is 11.6. The van der Waals surface area contributed by atoms with E-state index in [4.69, 9.17) is 0 Å². The topological polar surface area (TPSA) is 53.5 Å². The summed E-state index contributed by atoms with van der Waals surface area (Å²) in [5, 5.41) is 1.20. The van der Waals surface area contributed by atoms with E-state index in [0.717, 1.165) is 43.8 Å². The summed E-state index contributed by atoms with van der Waals surface area (Å²) in [6, 6.07) is 17.6. The summed E-state index contributed by atoms with van der Waals surface area (Å²) in [7, 11) is -3.13. The molecular formula is C21H23N3O2S. The number of para-hydroxylation sites is 1. The van der Waals surface area contributed by atoms with Gasteiger partial charge in [0, 0.05) is 56.3 Å². The number of benzene rings is 2. The number of fused-ring (bicyclic) bond motifs is 1. The number of piperazine rings is 1. The highest BCUT2D eigenvalue weighted by Gasteiger charge is 2.19. The summed E-state index contributed by atoms with van der Waals surface area (Å²) >= 11 is 0. The summed E-state index contributed by atoms with van der Waals surface area (Å²) in [6.45, 7) is 4.73. The second-order valence-electron chi connectivity index (χ2n) is 7.03. The fraction of sp³-hybridized carbons (Fsp3) is 0.286. The molecule has 140 valence electrons. The van der Waals surface area contributed by atoms with E-state index in [2.05, 4.69) is 39.0 Å². The quantitative estimate of drug-likeness (QED) is 0.695. The van der Waals surface area contributed by atoms with E-state index in [1.54, 1.807) is 12.1 Å². The van der Waals surface area contributed by atoms with Crippen LogP contribution in [0.2, 0.25) is 0 Å². The van der Waals surface area contributed by atoms with Gasteiger partial charge in [-0.25, -0.2) is 8.42 Å². The second-order valence-corrected chi connectivity index (χ2v) is 9.04. The Morgan fingerprint density at radius 3 is 2.33 bits per heavy atom. The number of anilines is 1. The van der Waals surface area contributed by atoms with Gasteiger partial charge in [-0.05, 0) is 29.8 Å². The lowest BCUT2D eigenvalue weighted by Crippen LogP contribution is -2.46. The van der Waals surface area contributed by atoms with E-state index < -0.39 is 9.84 Å². The molecule has 0 amide bonds. The molecule has 1 fully saturated rings. The normalized spacial score (nSPS) is 16.0. The van der Waals surface area contributed by atoms with Crippen LogP contribution in [0, 0.1) is 0 Å². The van der Waals surface area contributed by atoms with Crippen molar-refractivity contribution >= 4 is 26.4 Å². The molecular weight excluding hydrogens is 358 g/mol. The molecule has 1 aromatic heterocycles. The number of sulfone groups is 1. The van der Waals surface area contributed by atoms with E-state index in [0.29, 0.717) is 4.90 Å². The average molecular weight is 382 g/mol. The number of pyridine rings is 1. The Labute approximate surface area is 160 Å². The molecule has 2 aromatic carbocycles. The van der Waals surface area contributed by atoms with Crippen LogP contribution in [0.3, 0.4) is 0 Å². The standard InChI is InChI=1S/C21H23N3O2S/c1-27(25,26)18-8-6-17(7-9-18)16-23-12-14-24(15-13-23)21-10-11-22-20-5-3-2-4-19(20)21/h2-11H,12-16H2,1H3. The Morgan fingerprint density at radius 1 is 0.926 bits per heavy atom. The first-order valence-electron chi connectivity index (χ1n) is 9.11. The number of hydrogen-bond donors (Lipinski definition) is 0. The number of rotatable bonds is 4. The molecule has 1 saturated heterocycles. The van der Waals surface area contributed by atoms with Crippen molar-refractivity contribution in [2.24, 2.45) is 0 Å². The highest BCUT2D eigenvalue weighted by atomic mass is 32.2. The molecule has 0 unspecified atom stereocenters. The number of aromatic nitrogens is 1. The van der Waals surface area contributed by atoms with Crippen LogP contribution in [-0.2, 0) is 16.4 Å². The molecule has 1 aliphatic rings. The predicted molar refractivity (Wildman–Crippen MR) is 109 cm³/mol. The third-order valence-corrected chi connectivity index (χ3v) is 6.23. The third-order valence-electron chi connectivity index (χ3n) is 5.10. The molecule has 27 heavy (non-hydrogen) atoms. The van der Waals surface area contributed by atoms with Crippen molar-refractivity contribution in [2.75, 3.05) is 37.3 Å². The monoisotopic (exact) mass is 381 g/mol. The van der Waals surface area contributed by atoms with Crippen molar-refractivity contribution in [3.05, 3.63) is 66.4 Å². The van der Waals surface area contributed by atoms with E-state index in [9.17, 15) is 8.42 Å². The Bertz CT molecular complexity index is 1040. The van der Waals surface area contributed by atoms with Crippen LogP contribution in [0.25, 0.3) is 10.9 Å². The van der Waals surface area contributed by atoms with Gasteiger partial charge in [-0.1, -0.05) is 30.3 Å². The molecule has 0 atom stereocenters. The Kier molecular flexibility index (Phi) is 4.85. The molecule has 4 rings (SSSR count). The Morgan fingerprint density at radius 2 is 1.63 bits per heavy atom. The minimum absolute atomic E-state index is 0.376. The minimum Gasteiger partial charge on any atom is -0.368 e. The molecule has 5 nitrogen and oxygen atoms in total. The zero-order valence-electron chi connectivity index (χ0n) is 15.4. The lowest BCUT2D eigenvalue weighted by atomic mass is 10.1. The Balaban J connectivity index is 1.42. The van der Waals surface area contributed by atoms with E-state index in [1.165, 1.54) is 17.3 Å². The SMILES string of the molecule is CS(=O)(=O)c1ccc(CN2CCN(c3ccnc4ccccc34)CC2)cc1. The fourth-order valence-electron chi connectivity index (χ4n) is 3.60. The van der Waals surface area contributed by atoms with Gasteiger partial charge >= 0.3 is 0 Å². The van der Waals surface area contributed by atoms with Crippen LogP contribution in [0.4, 0.5) is 5.69 Å². The van der Waals surface area contributed by atoms with Crippen LogP contribution in [0.5, 0.6) is 0 Å². The van der Waals surface area contributed by atoms with Gasteiger partial charge in [-0.3, -0.25) is 9.88 Å². The fourth-order valence-corrected chi connectivity index (χ4v) is 4.23. The molecule has 0 saturated carbocycles. The molecule has 0 aliphatic carbocycles. The lowest BCUT2D eigenvalue weighted by Gasteiger charge is -2.36. The molecule has 0 radical (unpaired) electrons. The first-order chi connectivity index (χ1) is 13.0. The van der Waals surface area contributed by atoms with Crippen molar-refractivity contribution < 1.29 is 8.42 Å². The molecule has 1 aliphatic heterocycles. The minimum atomic E-state index is -3.13. The van der Waals surface area contributed by atoms with Crippen LogP contribution in [0.1, 0.15) is 5.56 Å². The van der Waals surface area contributed by atoms with Crippen LogP contribution >= 0.6 is 0 Å². The van der Waals surface area contributed by atoms with Gasteiger partial charge in [-0.2, -0.15) is 0 Å². The summed E-state index contributed by atoms with van der Waals surface area (Å²) in [5.74, 6) is 0. The van der Waals surface area contributed by atoms with Crippen molar-refractivity contribution in [2.45, 2.75) is 11.4 Å². The number of hydrogen-bond acceptors (Lipinski definition) is 5. The molecule has 2 heterocycles. The van der Waals surface area contributed by atoms with Gasteiger partial charge < -0.3 is 4.90 Å². The molecule has 0 spiro atoms. The Hall–Kier alpha value is -2.44. The summed E-state index contributed by atoms with van der Waals surface area (Å²) in [4.78, 5) is 9.66. The van der Waals surface area contributed by atoms with Gasteiger partial charge in [-0.15, -0.1) is 0 Å². The smallest absolute Gasteiger partial charge is 0.175 e. The second kappa shape index (κ2) is 7.29. The molecule has 0 bridgehead atoms. The van der Waals surface area contributed by atoms with Crippen molar-refractivity contribution in [1.82, 2.24) is 9.88 Å². The predicted octanol–water partition coefficient (Wildman–Crippen LogP) is 2.96. The molecule has 3 aromatic rings. The lowest BCUT2D eigenvalue weighted by molar-refractivity contribution is 0.250. The van der Waals surface area contributed by atoms with Gasteiger partial charge in [0.05, 0.1) is 10.4 Å². The van der Waals surface area contributed by atoms with Crippen LogP contribution in [0.15, 0.2) is 65.7 Å².